The minimum atomic E-state index is -0.953. The van der Waals surface area contributed by atoms with E-state index in [0.29, 0.717) is 6.54 Å². The first-order chi connectivity index (χ1) is 9.69. The number of morpholine rings is 1. The number of piperidine rings is 1. The van der Waals surface area contributed by atoms with E-state index >= 15 is 0 Å². The van der Waals surface area contributed by atoms with Crippen LogP contribution in [0.2, 0.25) is 0 Å². The fraction of sp³-hybridized carbons (Fsp3) is 0.692. The average Bonchev–Trinajstić information content (AvgIpc) is 2.91. The lowest BCUT2D eigenvalue weighted by molar-refractivity contribution is -0.100. The standard InChI is InChI=1S/C13H20N4O3/c18-12(19)11-10(7-15-16-11)8-17-4-1-13(2-5-17)9-14-3-6-20-13/h7,14H,1-6,8-9H2,(H,15,16)(H,18,19). The van der Waals surface area contributed by atoms with Crippen LogP contribution in [0.1, 0.15) is 28.9 Å². The molecule has 3 rings (SSSR count). The highest BCUT2D eigenvalue weighted by Crippen LogP contribution is 2.28. The Bertz CT molecular complexity index is 472. The zero-order valence-corrected chi connectivity index (χ0v) is 11.4. The van der Waals surface area contributed by atoms with E-state index in [4.69, 9.17) is 9.84 Å². The second kappa shape index (κ2) is 5.51. The van der Waals surface area contributed by atoms with Gasteiger partial charge in [0, 0.05) is 38.3 Å². The summed E-state index contributed by atoms with van der Waals surface area (Å²) in [6.07, 6.45) is 3.58. The molecule has 7 heteroatoms. The number of H-pyrrole nitrogens is 1. The van der Waals surface area contributed by atoms with E-state index in [9.17, 15) is 4.79 Å². The molecule has 0 aromatic carbocycles. The molecule has 3 heterocycles. The SMILES string of the molecule is O=C(O)c1[nH]ncc1CN1CCC2(CC1)CNCCO2. The minimum absolute atomic E-state index is 0.0131. The summed E-state index contributed by atoms with van der Waals surface area (Å²) < 4.78 is 5.95. The highest BCUT2D eigenvalue weighted by molar-refractivity contribution is 5.86. The maximum Gasteiger partial charge on any atom is 0.354 e. The number of ether oxygens (including phenoxy) is 1. The molecule has 0 bridgehead atoms. The summed E-state index contributed by atoms with van der Waals surface area (Å²) in [7, 11) is 0. The highest BCUT2D eigenvalue weighted by Gasteiger charge is 2.37. The van der Waals surface area contributed by atoms with E-state index in [2.05, 4.69) is 20.4 Å². The molecule has 7 nitrogen and oxygen atoms in total. The van der Waals surface area contributed by atoms with Crippen molar-refractivity contribution in [2.75, 3.05) is 32.8 Å². The Morgan fingerprint density at radius 3 is 2.95 bits per heavy atom. The van der Waals surface area contributed by atoms with Gasteiger partial charge in [0.05, 0.1) is 18.4 Å². The Labute approximate surface area is 117 Å². The summed E-state index contributed by atoms with van der Waals surface area (Å²) in [5.41, 5.74) is 0.929. The van der Waals surface area contributed by atoms with Crippen molar-refractivity contribution in [3.63, 3.8) is 0 Å². The number of carboxylic acids is 1. The first-order valence-corrected chi connectivity index (χ1v) is 7.01. The summed E-state index contributed by atoms with van der Waals surface area (Å²) in [6, 6.07) is 0. The van der Waals surface area contributed by atoms with Gasteiger partial charge in [-0.1, -0.05) is 0 Å². The summed E-state index contributed by atoms with van der Waals surface area (Å²) in [6.45, 7) is 5.11. The second-order valence-electron chi connectivity index (χ2n) is 5.56. The molecule has 110 valence electrons. The molecule has 0 amide bonds. The third-order valence-electron chi connectivity index (χ3n) is 4.23. The molecule has 0 atom stereocenters. The Balaban J connectivity index is 1.58. The third kappa shape index (κ3) is 2.70. The molecule has 3 N–H and O–H groups in total. The third-order valence-corrected chi connectivity index (χ3v) is 4.23. The van der Waals surface area contributed by atoms with Crippen LogP contribution in [-0.2, 0) is 11.3 Å². The first kappa shape index (κ1) is 13.5. The Hall–Kier alpha value is -1.44. The lowest BCUT2D eigenvalue weighted by Gasteiger charge is -2.44. The van der Waals surface area contributed by atoms with Gasteiger partial charge in [0.1, 0.15) is 5.69 Å². The quantitative estimate of drug-likeness (QED) is 0.725. The zero-order chi connectivity index (χ0) is 14.0. The molecule has 0 radical (unpaired) electrons. The molecule has 2 fully saturated rings. The number of carbonyl (C=O) groups is 1. The van der Waals surface area contributed by atoms with Gasteiger partial charge in [-0.15, -0.1) is 0 Å². The van der Waals surface area contributed by atoms with Crippen LogP contribution in [0.3, 0.4) is 0 Å². The van der Waals surface area contributed by atoms with Gasteiger partial charge < -0.3 is 15.2 Å². The van der Waals surface area contributed by atoms with Crippen molar-refractivity contribution in [2.45, 2.75) is 25.0 Å². The molecular formula is C13H20N4O3. The summed E-state index contributed by atoms with van der Waals surface area (Å²) in [4.78, 5) is 13.3. The molecule has 0 aliphatic carbocycles. The minimum Gasteiger partial charge on any atom is -0.477 e. The van der Waals surface area contributed by atoms with Crippen LogP contribution < -0.4 is 5.32 Å². The fourth-order valence-corrected chi connectivity index (χ4v) is 3.00. The molecular weight excluding hydrogens is 260 g/mol. The number of hydrogen-bond donors (Lipinski definition) is 3. The molecule has 2 aliphatic heterocycles. The van der Waals surface area contributed by atoms with Crippen molar-refractivity contribution in [3.8, 4) is 0 Å². The molecule has 1 spiro atoms. The van der Waals surface area contributed by atoms with Gasteiger partial charge in [0.2, 0.25) is 0 Å². The molecule has 1 aromatic heterocycles. The van der Waals surface area contributed by atoms with Crippen LogP contribution in [0, 0.1) is 0 Å². The fourth-order valence-electron chi connectivity index (χ4n) is 3.00. The van der Waals surface area contributed by atoms with Crippen molar-refractivity contribution >= 4 is 5.97 Å². The normalized spacial score (nSPS) is 23.0. The van der Waals surface area contributed by atoms with Gasteiger partial charge in [0.25, 0.3) is 0 Å². The van der Waals surface area contributed by atoms with Crippen molar-refractivity contribution in [1.82, 2.24) is 20.4 Å². The van der Waals surface area contributed by atoms with Gasteiger partial charge in [-0.05, 0) is 12.8 Å². The highest BCUT2D eigenvalue weighted by atomic mass is 16.5. The van der Waals surface area contributed by atoms with Crippen LogP contribution in [0.25, 0.3) is 0 Å². The van der Waals surface area contributed by atoms with E-state index in [0.717, 1.165) is 51.2 Å². The summed E-state index contributed by atoms with van der Waals surface area (Å²) in [5.74, 6) is -0.953. The number of likely N-dealkylation sites (tertiary alicyclic amines) is 1. The van der Waals surface area contributed by atoms with Crippen LogP contribution in [-0.4, -0.2) is 64.6 Å². The number of rotatable bonds is 3. The van der Waals surface area contributed by atoms with Crippen molar-refractivity contribution in [3.05, 3.63) is 17.5 Å². The molecule has 20 heavy (non-hydrogen) atoms. The average molecular weight is 280 g/mol. The predicted molar refractivity (Wildman–Crippen MR) is 71.6 cm³/mol. The zero-order valence-electron chi connectivity index (χ0n) is 11.4. The largest absolute Gasteiger partial charge is 0.477 e. The number of aromatic carboxylic acids is 1. The Morgan fingerprint density at radius 1 is 1.50 bits per heavy atom. The Morgan fingerprint density at radius 2 is 2.30 bits per heavy atom. The maximum atomic E-state index is 11.0. The summed E-state index contributed by atoms with van der Waals surface area (Å²) in [5, 5.41) is 18.8. The smallest absolute Gasteiger partial charge is 0.354 e. The number of aromatic nitrogens is 2. The molecule has 0 unspecified atom stereocenters. The van der Waals surface area contributed by atoms with Crippen LogP contribution in [0.4, 0.5) is 0 Å². The lowest BCUT2D eigenvalue weighted by Crippen LogP contribution is -2.55. The lowest BCUT2D eigenvalue weighted by atomic mass is 9.90. The maximum absolute atomic E-state index is 11.0. The molecule has 2 saturated heterocycles. The second-order valence-corrected chi connectivity index (χ2v) is 5.56. The molecule has 1 aromatic rings. The van der Waals surface area contributed by atoms with Crippen molar-refractivity contribution in [1.29, 1.82) is 0 Å². The number of nitrogens with one attached hydrogen (secondary N) is 2. The predicted octanol–water partition coefficient (Wildman–Crippen LogP) is 0.0623. The van der Waals surface area contributed by atoms with E-state index in [-0.39, 0.29) is 11.3 Å². The first-order valence-electron chi connectivity index (χ1n) is 7.01. The van der Waals surface area contributed by atoms with E-state index < -0.39 is 5.97 Å². The number of nitrogens with zero attached hydrogens (tertiary/aromatic N) is 2. The Kier molecular flexibility index (Phi) is 3.73. The number of aromatic amines is 1. The molecule has 2 aliphatic rings. The van der Waals surface area contributed by atoms with Gasteiger partial charge >= 0.3 is 5.97 Å². The van der Waals surface area contributed by atoms with Gasteiger partial charge in [-0.25, -0.2) is 4.79 Å². The van der Waals surface area contributed by atoms with Crippen molar-refractivity contribution in [2.24, 2.45) is 0 Å². The number of hydrogen-bond acceptors (Lipinski definition) is 5. The topological polar surface area (TPSA) is 90.5 Å². The van der Waals surface area contributed by atoms with E-state index in [1.165, 1.54) is 0 Å². The van der Waals surface area contributed by atoms with E-state index in [1.54, 1.807) is 6.20 Å². The van der Waals surface area contributed by atoms with Gasteiger partial charge in [0.15, 0.2) is 0 Å². The van der Waals surface area contributed by atoms with Crippen LogP contribution in [0.15, 0.2) is 6.20 Å². The summed E-state index contributed by atoms with van der Waals surface area (Å²) >= 11 is 0. The van der Waals surface area contributed by atoms with Gasteiger partial charge in [-0.2, -0.15) is 5.10 Å². The van der Waals surface area contributed by atoms with Crippen LogP contribution >= 0.6 is 0 Å². The van der Waals surface area contributed by atoms with Crippen molar-refractivity contribution < 1.29 is 14.6 Å². The number of carboxylic acid groups (broad SMARTS) is 1. The monoisotopic (exact) mass is 280 g/mol. The van der Waals surface area contributed by atoms with Crippen LogP contribution in [0.5, 0.6) is 0 Å². The van der Waals surface area contributed by atoms with E-state index in [1.807, 2.05) is 0 Å². The van der Waals surface area contributed by atoms with Gasteiger partial charge in [-0.3, -0.25) is 10.00 Å². The molecule has 0 saturated carbocycles.